The molecule has 1 N–H and O–H groups in total. The number of ether oxygens (including phenoxy) is 1. The lowest BCUT2D eigenvalue weighted by atomic mass is 10.0. The third kappa shape index (κ3) is 2.60. The van der Waals surface area contributed by atoms with Gasteiger partial charge in [-0.2, -0.15) is 0 Å². The summed E-state index contributed by atoms with van der Waals surface area (Å²) in [6.07, 6.45) is 0. The molecule has 2 aromatic rings. The molecule has 0 heterocycles. The van der Waals surface area contributed by atoms with Gasteiger partial charge in [-0.1, -0.05) is 12.1 Å². The first-order valence-electron chi connectivity index (χ1n) is 4.97. The minimum Gasteiger partial charge on any atom is -0.478 e. The highest BCUT2D eigenvalue weighted by atomic mass is 35.5. The zero-order chi connectivity index (χ0) is 12.4. The number of aromatic carboxylic acids is 1. The maximum atomic E-state index is 11.3. The lowest BCUT2D eigenvalue weighted by Gasteiger charge is -2.03. The molecule has 2 rings (SSSR count). The molecular weight excluding hydrogens is 256 g/mol. The fraction of sp³-hybridized carbons (Fsp3) is 0.0769. The van der Waals surface area contributed by atoms with E-state index in [1.807, 2.05) is 0 Å². The average Bonchev–Trinajstić information content (AvgIpc) is 2.36. The molecule has 0 radical (unpaired) electrons. The van der Waals surface area contributed by atoms with Crippen LogP contribution in [-0.4, -0.2) is 24.2 Å². The number of esters is 1. The molecule has 5 heteroatoms. The topological polar surface area (TPSA) is 63.6 Å². The quantitative estimate of drug-likeness (QED) is 0.849. The van der Waals surface area contributed by atoms with Crippen LogP contribution >= 0.6 is 12.4 Å². The third-order valence-corrected chi connectivity index (χ3v) is 2.51. The van der Waals surface area contributed by atoms with Gasteiger partial charge in [-0.15, -0.1) is 12.4 Å². The zero-order valence-corrected chi connectivity index (χ0v) is 10.4. The first-order chi connectivity index (χ1) is 8.11. The van der Waals surface area contributed by atoms with Crippen molar-refractivity contribution in [3.05, 3.63) is 47.5 Å². The molecule has 0 saturated heterocycles. The Morgan fingerprint density at radius 2 is 1.50 bits per heavy atom. The molecule has 0 aliphatic heterocycles. The van der Waals surface area contributed by atoms with Gasteiger partial charge in [0, 0.05) is 0 Å². The first kappa shape index (κ1) is 14.0. The normalized spacial score (nSPS) is 9.61. The fourth-order valence-corrected chi connectivity index (χ4v) is 1.62. The highest BCUT2D eigenvalue weighted by Gasteiger charge is 2.07. The largest absolute Gasteiger partial charge is 0.478 e. The number of fused-ring (bicyclic) bond motifs is 1. The van der Waals surface area contributed by atoms with Crippen molar-refractivity contribution in [2.24, 2.45) is 0 Å². The highest BCUT2D eigenvalue weighted by molar-refractivity contribution is 5.98. The summed E-state index contributed by atoms with van der Waals surface area (Å²) in [4.78, 5) is 22.1. The zero-order valence-electron chi connectivity index (χ0n) is 9.54. The number of carbonyl (C=O) groups is 2. The summed E-state index contributed by atoms with van der Waals surface area (Å²) in [7, 11) is 1.32. The summed E-state index contributed by atoms with van der Waals surface area (Å²) >= 11 is 0. The van der Waals surface area contributed by atoms with E-state index in [0.717, 1.165) is 10.8 Å². The fourth-order valence-electron chi connectivity index (χ4n) is 1.62. The Kier molecular flexibility index (Phi) is 4.28. The van der Waals surface area contributed by atoms with E-state index in [0.29, 0.717) is 5.56 Å². The Balaban J connectivity index is 0.00000162. The van der Waals surface area contributed by atoms with Crippen molar-refractivity contribution >= 4 is 35.1 Å². The van der Waals surface area contributed by atoms with Crippen molar-refractivity contribution in [1.29, 1.82) is 0 Å². The van der Waals surface area contributed by atoms with Gasteiger partial charge in [0.05, 0.1) is 18.2 Å². The lowest BCUT2D eigenvalue weighted by Crippen LogP contribution is -2.01. The van der Waals surface area contributed by atoms with Crippen LogP contribution < -0.4 is 0 Å². The Bertz CT molecular complexity index is 607. The minimum atomic E-state index is -0.969. The van der Waals surface area contributed by atoms with E-state index < -0.39 is 11.9 Å². The van der Waals surface area contributed by atoms with Gasteiger partial charge in [-0.05, 0) is 35.0 Å². The van der Waals surface area contributed by atoms with Crippen LogP contribution in [0.25, 0.3) is 10.8 Å². The maximum Gasteiger partial charge on any atom is 0.337 e. The van der Waals surface area contributed by atoms with Gasteiger partial charge in [0.1, 0.15) is 0 Å². The van der Waals surface area contributed by atoms with Gasteiger partial charge in [0.15, 0.2) is 0 Å². The predicted octanol–water partition coefficient (Wildman–Crippen LogP) is 2.75. The average molecular weight is 267 g/mol. The molecule has 0 unspecified atom stereocenters. The number of carboxylic acid groups (broad SMARTS) is 1. The molecule has 0 atom stereocenters. The maximum absolute atomic E-state index is 11.3. The van der Waals surface area contributed by atoms with Crippen LogP contribution in [0.2, 0.25) is 0 Å². The van der Waals surface area contributed by atoms with Crippen molar-refractivity contribution in [2.45, 2.75) is 0 Å². The van der Waals surface area contributed by atoms with Crippen molar-refractivity contribution in [3.8, 4) is 0 Å². The van der Waals surface area contributed by atoms with Gasteiger partial charge < -0.3 is 9.84 Å². The molecule has 0 spiro atoms. The van der Waals surface area contributed by atoms with Gasteiger partial charge in [-0.25, -0.2) is 9.59 Å². The van der Waals surface area contributed by atoms with E-state index in [4.69, 9.17) is 5.11 Å². The summed E-state index contributed by atoms with van der Waals surface area (Å²) in [5, 5.41) is 10.4. The first-order valence-corrected chi connectivity index (χ1v) is 4.97. The van der Waals surface area contributed by atoms with Crippen molar-refractivity contribution in [1.82, 2.24) is 0 Å². The molecule has 18 heavy (non-hydrogen) atoms. The second-order valence-electron chi connectivity index (χ2n) is 3.57. The van der Waals surface area contributed by atoms with E-state index >= 15 is 0 Å². The Hall–Kier alpha value is -2.07. The Morgan fingerprint density at radius 1 is 1.00 bits per heavy atom. The van der Waals surface area contributed by atoms with Crippen LogP contribution in [0.4, 0.5) is 0 Å². The van der Waals surface area contributed by atoms with Crippen molar-refractivity contribution in [2.75, 3.05) is 7.11 Å². The van der Waals surface area contributed by atoms with E-state index in [2.05, 4.69) is 4.74 Å². The number of carbonyl (C=O) groups excluding carboxylic acids is 1. The molecule has 4 nitrogen and oxygen atoms in total. The second-order valence-corrected chi connectivity index (χ2v) is 3.57. The summed E-state index contributed by atoms with van der Waals surface area (Å²) in [6, 6.07) is 9.73. The van der Waals surface area contributed by atoms with Crippen molar-refractivity contribution < 1.29 is 19.4 Å². The molecule has 0 aliphatic rings. The van der Waals surface area contributed by atoms with Gasteiger partial charge >= 0.3 is 11.9 Å². The monoisotopic (exact) mass is 266 g/mol. The molecule has 94 valence electrons. The second kappa shape index (κ2) is 5.51. The number of halogens is 1. The number of benzene rings is 2. The van der Waals surface area contributed by atoms with Crippen LogP contribution in [0, 0.1) is 0 Å². The molecule has 0 aromatic heterocycles. The molecule has 0 fully saturated rings. The van der Waals surface area contributed by atoms with E-state index in [1.54, 1.807) is 30.3 Å². The number of rotatable bonds is 2. The smallest absolute Gasteiger partial charge is 0.337 e. The van der Waals surface area contributed by atoms with E-state index in [9.17, 15) is 9.59 Å². The molecule has 0 saturated carbocycles. The number of methoxy groups -OCH3 is 1. The predicted molar refractivity (Wildman–Crippen MR) is 69.5 cm³/mol. The van der Waals surface area contributed by atoms with Crippen LogP contribution in [-0.2, 0) is 4.74 Å². The Labute approximate surface area is 110 Å². The van der Waals surface area contributed by atoms with E-state index in [1.165, 1.54) is 13.2 Å². The van der Waals surface area contributed by atoms with Crippen LogP contribution in [0.5, 0.6) is 0 Å². The molecule has 0 amide bonds. The minimum absolute atomic E-state index is 0. The lowest BCUT2D eigenvalue weighted by molar-refractivity contribution is 0.0600. The number of carboxylic acids is 1. The number of hydrogen-bond acceptors (Lipinski definition) is 3. The molecule has 0 bridgehead atoms. The summed E-state index contributed by atoms with van der Waals surface area (Å²) < 4.78 is 4.61. The van der Waals surface area contributed by atoms with Crippen LogP contribution in [0.15, 0.2) is 36.4 Å². The summed E-state index contributed by atoms with van der Waals surface area (Å²) in [5.41, 5.74) is 0.673. The Morgan fingerprint density at radius 3 is 2.00 bits per heavy atom. The highest BCUT2D eigenvalue weighted by Crippen LogP contribution is 2.18. The van der Waals surface area contributed by atoms with Crippen molar-refractivity contribution in [3.63, 3.8) is 0 Å². The molecule has 0 aliphatic carbocycles. The summed E-state index contributed by atoms with van der Waals surface area (Å²) in [5.74, 6) is -1.38. The van der Waals surface area contributed by atoms with Crippen LogP contribution in [0.3, 0.4) is 0 Å². The number of hydrogen-bond donors (Lipinski definition) is 1. The standard InChI is InChI=1S/C13H10O4.ClH/c1-17-13(16)11-5-3-8-6-10(12(14)15)4-2-9(8)7-11;/h2-7H,1H3,(H,14,15);1H. The van der Waals surface area contributed by atoms with E-state index in [-0.39, 0.29) is 18.0 Å². The molecular formula is C13H11ClO4. The van der Waals surface area contributed by atoms with Gasteiger partial charge in [0.2, 0.25) is 0 Å². The molecule has 2 aromatic carbocycles. The third-order valence-electron chi connectivity index (χ3n) is 2.51. The van der Waals surface area contributed by atoms with Crippen LogP contribution in [0.1, 0.15) is 20.7 Å². The SMILES string of the molecule is COC(=O)c1ccc2cc(C(=O)O)ccc2c1.Cl. The van der Waals surface area contributed by atoms with Gasteiger partial charge in [-0.3, -0.25) is 0 Å². The van der Waals surface area contributed by atoms with Gasteiger partial charge in [0.25, 0.3) is 0 Å². The summed E-state index contributed by atoms with van der Waals surface area (Å²) in [6.45, 7) is 0.